The highest BCUT2D eigenvalue weighted by Gasteiger charge is 2.13. The normalized spacial score (nSPS) is 19.7. The molecule has 1 N–H and O–H groups in total. The minimum Gasteiger partial charge on any atom is -0.309 e. The predicted octanol–water partition coefficient (Wildman–Crippen LogP) is 2.27. The van der Waals surface area contributed by atoms with Crippen molar-refractivity contribution in [1.82, 2.24) is 5.32 Å². The van der Waals surface area contributed by atoms with Gasteiger partial charge in [-0.1, -0.05) is 31.0 Å². The predicted molar refractivity (Wildman–Crippen MR) is 45.3 cm³/mol. The van der Waals surface area contributed by atoms with E-state index < -0.39 is 0 Å². The maximum Gasteiger partial charge on any atom is 0.0310 e. The zero-order chi connectivity index (χ0) is 7.40. The minimum absolute atomic E-state index is 0.704. The van der Waals surface area contributed by atoms with Crippen LogP contribution in [0.4, 0.5) is 0 Å². The summed E-state index contributed by atoms with van der Waals surface area (Å²) in [6, 6.07) is 0.704. The molecule has 0 bridgehead atoms. The summed E-state index contributed by atoms with van der Waals surface area (Å²) in [5.41, 5.74) is 0. The van der Waals surface area contributed by atoms with Crippen molar-refractivity contribution in [3.05, 3.63) is 11.6 Å². The Kier molecular flexibility index (Phi) is 3.23. The van der Waals surface area contributed by atoms with Gasteiger partial charge in [-0.25, -0.2) is 0 Å². The van der Waals surface area contributed by atoms with Gasteiger partial charge in [0.05, 0.1) is 0 Å². The second kappa shape index (κ2) is 3.99. The molecular formula is C8H14ClN. The van der Waals surface area contributed by atoms with Gasteiger partial charge in [-0.05, 0) is 12.8 Å². The van der Waals surface area contributed by atoms with Crippen LogP contribution in [-0.4, -0.2) is 12.6 Å². The fourth-order valence-corrected chi connectivity index (χ4v) is 1.46. The molecule has 58 valence electrons. The molecule has 0 unspecified atom stereocenters. The summed E-state index contributed by atoms with van der Waals surface area (Å²) in [5.74, 6) is 0. The molecule has 0 radical (unpaired) electrons. The first-order chi connectivity index (χ1) is 4.79. The van der Waals surface area contributed by atoms with E-state index in [9.17, 15) is 0 Å². The van der Waals surface area contributed by atoms with Crippen molar-refractivity contribution in [2.24, 2.45) is 0 Å². The van der Waals surface area contributed by atoms with Crippen molar-refractivity contribution in [3.63, 3.8) is 0 Å². The van der Waals surface area contributed by atoms with Crippen molar-refractivity contribution in [2.75, 3.05) is 6.54 Å². The average molecular weight is 160 g/mol. The van der Waals surface area contributed by atoms with Crippen molar-refractivity contribution in [2.45, 2.75) is 31.7 Å². The Morgan fingerprint density at radius 2 is 2.10 bits per heavy atom. The maximum absolute atomic E-state index is 5.60. The van der Waals surface area contributed by atoms with E-state index in [4.69, 9.17) is 11.6 Å². The third-order valence-corrected chi connectivity index (χ3v) is 2.07. The Labute approximate surface area is 67.5 Å². The molecule has 0 spiro atoms. The van der Waals surface area contributed by atoms with Crippen LogP contribution in [0.3, 0.4) is 0 Å². The van der Waals surface area contributed by atoms with E-state index in [-0.39, 0.29) is 0 Å². The molecule has 2 heteroatoms. The highest BCUT2D eigenvalue weighted by Crippen LogP contribution is 2.17. The molecule has 1 saturated carbocycles. The van der Waals surface area contributed by atoms with Crippen molar-refractivity contribution in [3.8, 4) is 0 Å². The maximum atomic E-state index is 5.60. The largest absolute Gasteiger partial charge is 0.309 e. The minimum atomic E-state index is 0.704. The fourth-order valence-electron chi connectivity index (χ4n) is 1.39. The smallest absolute Gasteiger partial charge is 0.0310 e. The van der Waals surface area contributed by atoms with Crippen molar-refractivity contribution >= 4 is 11.6 Å². The summed E-state index contributed by atoms with van der Waals surface area (Å²) in [6.07, 6.45) is 5.35. The Bertz CT molecular complexity index is 116. The number of nitrogens with one attached hydrogen (secondary N) is 1. The molecule has 0 saturated heterocycles. The van der Waals surface area contributed by atoms with Crippen LogP contribution in [0.5, 0.6) is 0 Å². The van der Waals surface area contributed by atoms with Crippen molar-refractivity contribution in [1.29, 1.82) is 0 Å². The summed E-state index contributed by atoms with van der Waals surface area (Å²) in [7, 11) is 0. The van der Waals surface area contributed by atoms with Crippen molar-refractivity contribution < 1.29 is 0 Å². The van der Waals surface area contributed by atoms with E-state index in [1.807, 2.05) is 0 Å². The van der Waals surface area contributed by atoms with Gasteiger partial charge in [0.15, 0.2) is 0 Å². The first-order valence-electron chi connectivity index (χ1n) is 3.85. The Balaban J connectivity index is 2.07. The zero-order valence-electron chi connectivity index (χ0n) is 6.20. The van der Waals surface area contributed by atoms with Crippen LogP contribution in [0.1, 0.15) is 25.7 Å². The first kappa shape index (κ1) is 8.09. The standard InChI is InChI=1S/C8H14ClN/c1-7(9)6-10-8-4-2-3-5-8/h8,10H,1-6H2. The molecule has 0 aliphatic heterocycles. The van der Waals surface area contributed by atoms with Gasteiger partial charge in [0.1, 0.15) is 0 Å². The van der Waals surface area contributed by atoms with Gasteiger partial charge in [-0.15, -0.1) is 0 Å². The van der Waals surface area contributed by atoms with Gasteiger partial charge < -0.3 is 5.32 Å². The van der Waals surface area contributed by atoms with E-state index in [1.54, 1.807) is 0 Å². The van der Waals surface area contributed by atoms with E-state index in [2.05, 4.69) is 11.9 Å². The SMILES string of the molecule is C=C(Cl)CNC1CCCC1. The number of hydrogen-bond donors (Lipinski definition) is 1. The summed E-state index contributed by atoms with van der Waals surface area (Å²) in [6.45, 7) is 4.39. The first-order valence-corrected chi connectivity index (χ1v) is 4.23. The Morgan fingerprint density at radius 1 is 1.50 bits per heavy atom. The molecule has 0 aromatic rings. The molecule has 0 aromatic carbocycles. The molecule has 1 fully saturated rings. The Hall–Kier alpha value is -0.0100. The van der Waals surface area contributed by atoms with E-state index in [0.717, 1.165) is 6.54 Å². The average Bonchev–Trinajstić information content (AvgIpc) is 2.34. The van der Waals surface area contributed by atoms with Gasteiger partial charge in [0, 0.05) is 17.6 Å². The molecule has 0 heterocycles. The number of hydrogen-bond acceptors (Lipinski definition) is 1. The summed E-state index contributed by atoms with van der Waals surface area (Å²) < 4.78 is 0. The van der Waals surface area contributed by atoms with Crippen LogP contribution >= 0.6 is 11.6 Å². The highest BCUT2D eigenvalue weighted by atomic mass is 35.5. The number of rotatable bonds is 3. The molecule has 0 amide bonds. The van der Waals surface area contributed by atoms with Crippen LogP contribution in [0, 0.1) is 0 Å². The van der Waals surface area contributed by atoms with E-state index in [1.165, 1.54) is 25.7 Å². The summed E-state index contributed by atoms with van der Waals surface area (Å²) >= 11 is 5.60. The van der Waals surface area contributed by atoms with Gasteiger partial charge in [-0.3, -0.25) is 0 Å². The van der Waals surface area contributed by atoms with Crippen LogP contribution in [0.2, 0.25) is 0 Å². The fraction of sp³-hybridized carbons (Fsp3) is 0.750. The molecule has 1 nitrogen and oxygen atoms in total. The second-order valence-electron chi connectivity index (χ2n) is 2.88. The molecule has 0 atom stereocenters. The van der Waals surface area contributed by atoms with Gasteiger partial charge >= 0.3 is 0 Å². The number of halogens is 1. The topological polar surface area (TPSA) is 12.0 Å². The van der Waals surface area contributed by atoms with E-state index in [0.29, 0.717) is 11.1 Å². The lowest BCUT2D eigenvalue weighted by Gasteiger charge is -2.09. The lowest BCUT2D eigenvalue weighted by Crippen LogP contribution is -2.26. The van der Waals surface area contributed by atoms with Gasteiger partial charge in [0.2, 0.25) is 0 Å². The van der Waals surface area contributed by atoms with Crippen LogP contribution in [0.25, 0.3) is 0 Å². The van der Waals surface area contributed by atoms with Crippen LogP contribution < -0.4 is 5.32 Å². The third-order valence-electron chi connectivity index (χ3n) is 1.94. The molecule has 0 aromatic heterocycles. The third kappa shape index (κ3) is 2.72. The molecule has 1 aliphatic carbocycles. The molecule has 1 aliphatic rings. The van der Waals surface area contributed by atoms with Gasteiger partial charge in [-0.2, -0.15) is 0 Å². The van der Waals surface area contributed by atoms with Crippen LogP contribution in [-0.2, 0) is 0 Å². The lowest BCUT2D eigenvalue weighted by atomic mass is 10.2. The second-order valence-corrected chi connectivity index (χ2v) is 3.41. The summed E-state index contributed by atoms with van der Waals surface area (Å²) in [5, 5.41) is 4.06. The quantitative estimate of drug-likeness (QED) is 0.666. The highest BCUT2D eigenvalue weighted by molar-refractivity contribution is 6.29. The van der Waals surface area contributed by atoms with Gasteiger partial charge in [0.25, 0.3) is 0 Å². The molecule has 1 rings (SSSR count). The monoisotopic (exact) mass is 159 g/mol. The van der Waals surface area contributed by atoms with E-state index >= 15 is 0 Å². The summed E-state index contributed by atoms with van der Waals surface area (Å²) in [4.78, 5) is 0. The Morgan fingerprint density at radius 3 is 2.60 bits per heavy atom. The van der Waals surface area contributed by atoms with Crippen LogP contribution in [0.15, 0.2) is 11.6 Å². The molecule has 10 heavy (non-hydrogen) atoms. The zero-order valence-corrected chi connectivity index (χ0v) is 6.95. The lowest BCUT2D eigenvalue weighted by molar-refractivity contribution is 0.554. The molecular weight excluding hydrogens is 146 g/mol.